The van der Waals surface area contributed by atoms with Crippen LogP contribution in [-0.2, 0) is 28.4 Å². The molecule has 2 aliphatic heterocycles. The summed E-state index contributed by atoms with van der Waals surface area (Å²) in [6.45, 7) is 7.84. The van der Waals surface area contributed by atoms with E-state index < -0.39 is 59.6 Å². The molecule has 7 nitrogen and oxygen atoms in total. The predicted molar refractivity (Wildman–Crippen MR) is 167 cm³/mol. The van der Waals surface area contributed by atoms with Crippen LogP contribution < -0.4 is 0 Å². The first-order valence-electron chi connectivity index (χ1n) is 18.5. The summed E-state index contributed by atoms with van der Waals surface area (Å²) in [6, 6.07) is 0. The van der Waals surface area contributed by atoms with Crippen molar-refractivity contribution in [1.82, 2.24) is 0 Å². The van der Waals surface area contributed by atoms with Crippen molar-refractivity contribution in [2.75, 3.05) is 59.5 Å². The van der Waals surface area contributed by atoms with Gasteiger partial charge in [-0.25, -0.2) is 0 Å². The van der Waals surface area contributed by atoms with Crippen LogP contribution in [0.5, 0.6) is 0 Å². The average molecular weight is 715 g/mol. The highest BCUT2D eigenvalue weighted by molar-refractivity contribution is 5.09. The number of ether oxygens (including phenoxy) is 6. The van der Waals surface area contributed by atoms with Gasteiger partial charge in [0.1, 0.15) is 0 Å². The van der Waals surface area contributed by atoms with E-state index in [0.29, 0.717) is 52.3 Å². The van der Waals surface area contributed by atoms with Gasteiger partial charge in [0.15, 0.2) is 0 Å². The van der Waals surface area contributed by atoms with Gasteiger partial charge < -0.3 is 33.5 Å². The Kier molecular flexibility index (Phi) is 10.8. The van der Waals surface area contributed by atoms with Crippen molar-refractivity contribution in [2.24, 2.45) is 38.9 Å². The van der Waals surface area contributed by atoms with Crippen LogP contribution in [-0.4, -0.2) is 101 Å². The summed E-state index contributed by atoms with van der Waals surface area (Å²) >= 11 is 0. The fourth-order valence-corrected chi connectivity index (χ4v) is 9.64. The number of aliphatic hydroxyl groups is 1. The van der Waals surface area contributed by atoms with E-state index >= 15 is 0 Å². The highest BCUT2D eigenvalue weighted by Gasteiger charge is 2.69. The molecule has 2 heterocycles. The van der Waals surface area contributed by atoms with Crippen LogP contribution in [0.1, 0.15) is 91.4 Å². The normalized spacial score (nSPS) is 39.3. The van der Waals surface area contributed by atoms with Crippen molar-refractivity contribution >= 4 is 0 Å². The summed E-state index contributed by atoms with van der Waals surface area (Å²) < 4.78 is 125. The summed E-state index contributed by atoms with van der Waals surface area (Å²) in [6.07, 6.45) is -9.28. The first-order valence-corrected chi connectivity index (χ1v) is 18.5. The van der Waals surface area contributed by atoms with Crippen molar-refractivity contribution in [1.29, 1.82) is 0 Å². The van der Waals surface area contributed by atoms with Gasteiger partial charge >= 0.3 is 12.4 Å². The molecule has 6 fully saturated rings. The van der Waals surface area contributed by atoms with Gasteiger partial charge in [-0.15, -0.1) is 0 Å². The minimum absolute atomic E-state index is 0.0604. The monoisotopic (exact) mass is 714 g/mol. The summed E-state index contributed by atoms with van der Waals surface area (Å²) in [5.41, 5.74) is -5.49. The molecule has 0 aromatic heterocycles. The Labute approximate surface area is 286 Å². The van der Waals surface area contributed by atoms with Crippen LogP contribution in [0.3, 0.4) is 0 Å². The molecule has 4 aliphatic carbocycles. The SMILES string of the molecule is CCC1(COC2CC3(C(F)(F)F)CC2CCC3OCC(CC)(CO)COC2CC3(C(F)(F)F)CC2CCC3OCC2(CC)COC2)COC1. The van der Waals surface area contributed by atoms with Crippen molar-refractivity contribution in [3.8, 4) is 0 Å². The van der Waals surface area contributed by atoms with E-state index in [1.54, 1.807) is 6.92 Å². The second-order valence-electron chi connectivity index (χ2n) is 16.8. The minimum Gasteiger partial charge on any atom is -0.396 e. The number of aliphatic hydroxyl groups excluding tert-OH is 1. The molecule has 0 amide bonds. The summed E-state index contributed by atoms with van der Waals surface area (Å²) in [7, 11) is 0. The molecule has 0 radical (unpaired) electrons. The Morgan fingerprint density at radius 3 is 1.47 bits per heavy atom. The quantitative estimate of drug-likeness (QED) is 0.169. The van der Waals surface area contributed by atoms with E-state index in [-0.39, 0.29) is 81.0 Å². The van der Waals surface area contributed by atoms with Gasteiger partial charge in [0, 0.05) is 16.2 Å². The van der Waals surface area contributed by atoms with Gasteiger partial charge in [0.05, 0.1) is 94.7 Å². The third-order valence-corrected chi connectivity index (χ3v) is 14.0. The average Bonchev–Trinajstić information content (AvgIpc) is 3.51. The number of hydrogen-bond acceptors (Lipinski definition) is 7. The van der Waals surface area contributed by atoms with E-state index in [1.807, 2.05) is 13.8 Å². The Bertz CT molecular complexity index is 1110. The Morgan fingerprint density at radius 1 is 0.612 bits per heavy atom. The molecule has 9 unspecified atom stereocenters. The smallest absolute Gasteiger partial charge is 0.396 e. The summed E-state index contributed by atoms with van der Waals surface area (Å²) in [4.78, 5) is 0. The molecule has 2 saturated heterocycles. The molecular weight excluding hydrogens is 658 g/mol. The minimum atomic E-state index is -4.50. The lowest BCUT2D eigenvalue weighted by Crippen LogP contribution is -2.52. The van der Waals surface area contributed by atoms with Crippen LogP contribution in [0.25, 0.3) is 0 Å². The molecule has 0 aromatic rings. The van der Waals surface area contributed by atoms with Crippen molar-refractivity contribution < 1.29 is 59.9 Å². The summed E-state index contributed by atoms with van der Waals surface area (Å²) in [5.74, 6) is -0.529. The number of halogens is 6. The van der Waals surface area contributed by atoms with Crippen LogP contribution in [0.15, 0.2) is 0 Å². The third kappa shape index (κ3) is 6.82. The van der Waals surface area contributed by atoms with Gasteiger partial charge in [0.2, 0.25) is 0 Å². The zero-order chi connectivity index (χ0) is 35.3. The topological polar surface area (TPSA) is 75.6 Å². The largest absolute Gasteiger partial charge is 0.397 e. The lowest BCUT2D eigenvalue weighted by atomic mass is 9.72. The van der Waals surface area contributed by atoms with Gasteiger partial charge in [-0.2, -0.15) is 26.3 Å². The number of fused-ring (bicyclic) bond motifs is 4. The van der Waals surface area contributed by atoms with Crippen molar-refractivity contribution in [3.63, 3.8) is 0 Å². The van der Waals surface area contributed by atoms with Gasteiger partial charge in [-0.3, -0.25) is 0 Å². The maximum atomic E-state index is 14.9. The lowest BCUT2D eigenvalue weighted by molar-refractivity contribution is -0.278. The second-order valence-corrected chi connectivity index (χ2v) is 16.8. The zero-order valence-corrected chi connectivity index (χ0v) is 29.3. The number of hydrogen-bond donors (Lipinski definition) is 1. The zero-order valence-electron chi connectivity index (χ0n) is 29.3. The third-order valence-electron chi connectivity index (χ3n) is 14.0. The van der Waals surface area contributed by atoms with Gasteiger partial charge in [-0.1, -0.05) is 20.8 Å². The van der Waals surface area contributed by atoms with E-state index in [2.05, 4.69) is 0 Å². The molecule has 9 atom stereocenters. The molecule has 4 saturated carbocycles. The maximum absolute atomic E-state index is 14.9. The second kappa shape index (κ2) is 13.9. The Balaban J connectivity index is 1.09. The maximum Gasteiger partial charge on any atom is 0.397 e. The van der Waals surface area contributed by atoms with Crippen LogP contribution in [0, 0.1) is 38.9 Å². The summed E-state index contributed by atoms with van der Waals surface area (Å²) in [5, 5.41) is 10.6. The van der Waals surface area contributed by atoms with Gasteiger partial charge in [0.25, 0.3) is 0 Å². The fourth-order valence-electron chi connectivity index (χ4n) is 9.64. The molecular formula is C36H56F6O7. The first kappa shape index (κ1) is 38.0. The van der Waals surface area contributed by atoms with Crippen molar-refractivity contribution in [2.45, 2.75) is 128 Å². The molecule has 6 rings (SSSR count). The highest BCUT2D eigenvalue weighted by atomic mass is 19.4. The Morgan fingerprint density at radius 2 is 1.06 bits per heavy atom. The molecule has 284 valence electrons. The molecule has 1 N–H and O–H groups in total. The van der Waals surface area contributed by atoms with Crippen LogP contribution in [0.4, 0.5) is 26.3 Å². The van der Waals surface area contributed by atoms with Crippen LogP contribution >= 0.6 is 0 Å². The number of alkyl halides is 6. The standard InChI is InChI=1S/C36H56F6O7/c1-4-30(15-43,20-46-26-13-34(36(40,41)42)11-24(26)8-10-29(34)49-23-32(6-3)18-45-19-32)21-48-28-9-7-25-12-33(28,35(37,38)39)14-27(25)47-22-31(5-2)16-44-17-31/h24-29,43H,4-23H2,1-3H3. The molecule has 4 bridgehead atoms. The molecule has 49 heavy (non-hydrogen) atoms. The predicted octanol–water partition coefficient (Wildman–Crippen LogP) is 7.27. The van der Waals surface area contributed by atoms with E-state index in [0.717, 1.165) is 12.8 Å². The first-order chi connectivity index (χ1) is 23.1. The molecule has 6 aliphatic rings. The highest BCUT2D eigenvalue weighted by Crippen LogP contribution is 2.63. The van der Waals surface area contributed by atoms with E-state index in [9.17, 15) is 31.4 Å². The molecule has 0 spiro atoms. The van der Waals surface area contributed by atoms with E-state index in [4.69, 9.17) is 28.4 Å². The van der Waals surface area contributed by atoms with Crippen LogP contribution in [0.2, 0.25) is 0 Å². The Hall–Kier alpha value is -0.700. The fraction of sp³-hybridized carbons (Fsp3) is 1.00. The molecule has 13 heteroatoms. The lowest BCUT2D eigenvalue weighted by Gasteiger charge is -2.46. The molecule has 0 aromatic carbocycles. The van der Waals surface area contributed by atoms with E-state index in [1.165, 1.54) is 0 Å². The van der Waals surface area contributed by atoms with Crippen molar-refractivity contribution in [3.05, 3.63) is 0 Å². The number of rotatable bonds is 16. The van der Waals surface area contributed by atoms with Gasteiger partial charge in [-0.05, 0) is 82.5 Å².